The quantitative estimate of drug-likeness (QED) is 0.413. The Bertz CT molecular complexity index is 208. The minimum atomic E-state index is -0.468. The number of nitro benzene ring substituents is 1. The minimum Gasteiger partial charge on any atom is -0.258 e. The Morgan fingerprint density at radius 2 is 2.33 bits per heavy atom. The first-order chi connectivity index (χ1) is 4.30. The van der Waals surface area contributed by atoms with Gasteiger partial charge < -0.3 is 0 Å². The Hall–Kier alpha value is -1.38. The third-order valence-electron chi connectivity index (χ3n) is 0.852. The minimum absolute atomic E-state index is 0.0498. The summed E-state index contributed by atoms with van der Waals surface area (Å²) in [5.41, 5.74) is 0.0498. The first-order valence-corrected chi connectivity index (χ1v) is 2.33. The van der Waals surface area contributed by atoms with Crippen LogP contribution < -0.4 is 0 Å². The highest BCUT2D eigenvalue weighted by Crippen LogP contribution is 2.05. The summed E-state index contributed by atoms with van der Waals surface area (Å²) in [4.78, 5) is 9.50. The molecule has 0 N–H and O–H groups in total. The highest BCUT2D eigenvalue weighted by Gasteiger charge is 1.99. The van der Waals surface area contributed by atoms with E-state index in [4.69, 9.17) is 0 Å². The summed E-state index contributed by atoms with van der Waals surface area (Å²) >= 11 is 0. The van der Waals surface area contributed by atoms with Crippen molar-refractivity contribution < 1.29 is 4.92 Å². The van der Waals surface area contributed by atoms with Crippen LogP contribution in [0.5, 0.6) is 0 Å². The van der Waals surface area contributed by atoms with E-state index in [2.05, 4.69) is 12.1 Å². The Morgan fingerprint density at radius 3 is 2.67 bits per heavy atom. The molecular weight excluding hydrogens is 118 g/mol. The number of hydrogen-bond donors (Lipinski definition) is 0. The monoisotopic (exact) mass is 121 g/mol. The second-order valence-electron chi connectivity index (χ2n) is 1.45. The molecule has 0 aliphatic heterocycles. The molecule has 1 rings (SSSR count). The third-order valence-corrected chi connectivity index (χ3v) is 0.852. The Labute approximate surface area is 52.1 Å². The second-order valence-corrected chi connectivity index (χ2v) is 1.45. The molecule has 0 bridgehead atoms. The van der Waals surface area contributed by atoms with Gasteiger partial charge in [-0.3, -0.25) is 10.1 Å². The van der Waals surface area contributed by atoms with Crippen molar-refractivity contribution in [1.82, 2.24) is 0 Å². The van der Waals surface area contributed by atoms with Crippen molar-refractivity contribution in [2.24, 2.45) is 0 Å². The molecule has 44 valence electrons. The van der Waals surface area contributed by atoms with Crippen molar-refractivity contribution in [3.05, 3.63) is 40.4 Å². The molecule has 0 spiro atoms. The molecule has 0 saturated heterocycles. The first-order valence-electron chi connectivity index (χ1n) is 2.33. The van der Waals surface area contributed by atoms with E-state index in [0.29, 0.717) is 0 Å². The van der Waals surface area contributed by atoms with Crippen LogP contribution in [0.15, 0.2) is 18.2 Å². The van der Waals surface area contributed by atoms with Crippen LogP contribution in [-0.4, -0.2) is 4.92 Å². The lowest BCUT2D eigenvalue weighted by atomic mass is 10.3. The highest BCUT2D eigenvalue weighted by atomic mass is 16.6. The molecule has 2 radical (unpaired) electrons. The van der Waals surface area contributed by atoms with Gasteiger partial charge >= 0.3 is 0 Å². The molecule has 0 unspecified atom stereocenters. The van der Waals surface area contributed by atoms with Crippen LogP contribution in [-0.2, 0) is 0 Å². The molecule has 3 nitrogen and oxygen atoms in total. The van der Waals surface area contributed by atoms with E-state index in [1.807, 2.05) is 0 Å². The molecule has 0 atom stereocenters. The summed E-state index contributed by atoms with van der Waals surface area (Å²) < 4.78 is 0. The van der Waals surface area contributed by atoms with Crippen molar-refractivity contribution in [2.45, 2.75) is 0 Å². The summed E-state index contributed by atoms with van der Waals surface area (Å²) in [7, 11) is 0. The summed E-state index contributed by atoms with van der Waals surface area (Å²) in [6.45, 7) is 0. The van der Waals surface area contributed by atoms with Crippen LogP contribution in [0, 0.1) is 22.2 Å². The number of nitrogens with zero attached hydrogens (tertiary/aromatic N) is 1. The average Bonchev–Trinajstić information content (AvgIpc) is 1.90. The number of rotatable bonds is 1. The van der Waals surface area contributed by atoms with Crippen molar-refractivity contribution in [3.8, 4) is 0 Å². The fourth-order valence-corrected chi connectivity index (χ4v) is 0.452. The lowest BCUT2D eigenvalue weighted by molar-refractivity contribution is -0.384. The smallest absolute Gasteiger partial charge is 0.258 e. The van der Waals surface area contributed by atoms with E-state index in [1.54, 1.807) is 0 Å². The van der Waals surface area contributed by atoms with Gasteiger partial charge in [0, 0.05) is 12.1 Å². The molecule has 0 aromatic heterocycles. The molecule has 0 fully saturated rings. The Morgan fingerprint density at radius 1 is 1.56 bits per heavy atom. The molecule has 0 aliphatic carbocycles. The van der Waals surface area contributed by atoms with Gasteiger partial charge in [-0.15, -0.1) is 0 Å². The predicted octanol–water partition coefficient (Wildman–Crippen LogP) is 1.20. The van der Waals surface area contributed by atoms with Crippen molar-refractivity contribution in [3.63, 3.8) is 0 Å². The fourth-order valence-electron chi connectivity index (χ4n) is 0.452. The normalized spacial score (nSPS) is 8.89. The van der Waals surface area contributed by atoms with Gasteiger partial charge in [0.2, 0.25) is 0 Å². The number of benzene rings is 1. The second kappa shape index (κ2) is 2.26. The molecule has 3 heteroatoms. The Balaban J connectivity index is 2.98. The topological polar surface area (TPSA) is 43.1 Å². The van der Waals surface area contributed by atoms with Crippen LogP contribution in [0.2, 0.25) is 0 Å². The van der Waals surface area contributed by atoms with E-state index in [-0.39, 0.29) is 5.69 Å². The summed E-state index contributed by atoms with van der Waals surface area (Å²) in [6, 6.07) is 9.14. The van der Waals surface area contributed by atoms with Gasteiger partial charge in [0.15, 0.2) is 0 Å². The average molecular weight is 121 g/mol. The molecule has 9 heavy (non-hydrogen) atoms. The maximum atomic E-state index is 9.97. The molecule has 0 saturated carbocycles. The van der Waals surface area contributed by atoms with Crippen LogP contribution in [0.1, 0.15) is 0 Å². The molecule has 0 amide bonds. The highest BCUT2D eigenvalue weighted by molar-refractivity contribution is 5.26. The standard InChI is InChI=1S/C6H3NO2/c8-7(9)6-4-2-1-3-5-6/h2,4-5H. The number of hydrogen-bond acceptors (Lipinski definition) is 2. The SMILES string of the molecule is O=[N+]([O-])c1c[c][c]cc1. The first kappa shape index (κ1) is 5.75. The lowest BCUT2D eigenvalue weighted by Crippen LogP contribution is -1.85. The van der Waals surface area contributed by atoms with Gasteiger partial charge in [0.05, 0.1) is 4.92 Å². The van der Waals surface area contributed by atoms with E-state index in [0.717, 1.165) is 0 Å². The Kier molecular flexibility index (Phi) is 1.44. The summed E-state index contributed by atoms with van der Waals surface area (Å²) in [5.74, 6) is 0. The molecule has 1 aromatic rings. The molecular formula is C6H3NO2. The maximum absolute atomic E-state index is 9.97. The third kappa shape index (κ3) is 1.25. The zero-order chi connectivity index (χ0) is 6.69. The van der Waals surface area contributed by atoms with Crippen molar-refractivity contribution in [2.75, 3.05) is 0 Å². The van der Waals surface area contributed by atoms with Crippen LogP contribution in [0.4, 0.5) is 5.69 Å². The van der Waals surface area contributed by atoms with E-state index in [1.165, 1.54) is 18.2 Å². The van der Waals surface area contributed by atoms with Crippen molar-refractivity contribution in [1.29, 1.82) is 0 Å². The van der Waals surface area contributed by atoms with Gasteiger partial charge in [-0.1, -0.05) is 0 Å². The van der Waals surface area contributed by atoms with Crippen LogP contribution in [0.25, 0.3) is 0 Å². The maximum Gasteiger partial charge on any atom is 0.270 e. The van der Waals surface area contributed by atoms with E-state index in [9.17, 15) is 10.1 Å². The molecule has 1 aromatic carbocycles. The van der Waals surface area contributed by atoms with Gasteiger partial charge in [-0.05, 0) is 18.2 Å². The number of non-ortho nitro benzene ring substituents is 1. The van der Waals surface area contributed by atoms with E-state index < -0.39 is 4.92 Å². The van der Waals surface area contributed by atoms with Gasteiger partial charge in [0.25, 0.3) is 5.69 Å². The number of nitro groups is 1. The molecule has 0 heterocycles. The van der Waals surface area contributed by atoms with Crippen LogP contribution in [0.3, 0.4) is 0 Å². The lowest BCUT2D eigenvalue weighted by Gasteiger charge is -1.84. The van der Waals surface area contributed by atoms with Crippen LogP contribution >= 0.6 is 0 Å². The zero-order valence-corrected chi connectivity index (χ0v) is 4.50. The largest absolute Gasteiger partial charge is 0.270 e. The fraction of sp³-hybridized carbons (Fsp3) is 0. The van der Waals surface area contributed by atoms with Gasteiger partial charge in [-0.25, -0.2) is 0 Å². The summed E-state index contributed by atoms with van der Waals surface area (Å²) in [6.07, 6.45) is 0. The van der Waals surface area contributed by atoms with E-state index >= 15 is 0 Å². The van der Waals surface area contributed by atoms with Crippen molar-refractivity contribution >= 4 is 5.69 Å². The predicted molar refractivity (Wildman–Crippen MR) is 30.8 cm³/mol. The molecule has 0 aliphatic rings. The van der Waals surface area contributed by atoms with Gasteiger partial charge in [-0.2, -0.15) is 0 Å². The summed E-state index contributed by atoms with van der Waals surface area (Å²) in [5, 5.41) is 9.97. The van der Waals surface area contributed by atoms with Gasteiger partial charge in [0.1, 0.15) is 0 Å². The zero-order valence-electron chi connectivity index (χ0n) is 4.50.